The van der Waals surface area contributed by atoms with Crippen LogP contribution in [0, 0.1) is 5.92 Å². The minimum Gasteiger partial charge on any atom is -0.354 e. The third kappa shape index (κ3) is 5.67. The zero-order chi connectivity index (χ0) is 16.8. The maximum absolute atomic E-state index is 12.1. The van der Waals surface area contributed by atoms with Crippen LogP contribution in [0.15, 0.2) is 24.3 Å². The van der Waals surface area contributed by atoms with Crippen LogP contribution < -0.4 is 16.4 Å². The van der Waals surface area contributed by atoms with Crippen molar-refractivity contribution < 1.29 is 9.59 Å². The molecule has 1 aliphatic carbocycles. The first-order chi connectivity index (χ1) is 10.9. The smallest absolute Gasteiger partial charge is 0.224 e. The van der Waals surface area contributed by atoms with E-state index in [4.69, 9.17) is 5.73 Å². The predicted molar refractivity (Wildman–Crippen MR) is 92.0 cm³/mol. The summed E-state index contributed by atoms with van der Waals surface area (Å²) in [6.07, 6.45) is 4.01. The molecule has 2 rings (SSSR count). The van der Waals surface area contributed by atoms with Gasteiger partial charge in [-0.05, 0) is 50.3 Å². The molecule has 0 radical (unpaired) electrons. The fourth-order valence-corrected chi connectivity index (χ4v) is 3.03. The molecule has 0 heterocycles. The number of carbonyl (C=O) groups excluding carboxylic acids is 2. The number of carbonyl (C=O) groups is 2. The lowest BCUT2D eigenvalue weighted by atomic mass is 10.00. The second-order valence-corrected chi connectivity index (χ2v) is 6.70. The van der Waals surface area contributed by atoms with E-state index in [1.807, 2.05) is 38.1 Å². The average Bonchev–Trinajstić information content (AvgIpc) is 2.85. The summed E-state index contributed by atoms with van der Waals surface area (Å²) in [6, 6.07) is 7.72. The largest absolute Gasteiger partial charge is 0.354 e. The monoisotopic (exact) mass is 317 g/mol. The summed E-state index contributed by atoms with van der Waals surface area (Å²) in [5.41, 5.74) is 7.69. The molecular weight excluding hydrogens is 290 g/mol. The Bertz CT molecular complexity index is 540. The number of rotatable bonds is 6. The normalized spacial score (nSPS) is 20.5. The van der Waals surface area contributed by atoms with Gasteiger partial charge < -0.3 is 16.4 Å². The van der Waals surface area contributed by atoms with E-state index in [-0.39, 0.29) is 23.9 Å². The van der Waals surface area contributed by atoms with Crippen LogP contribution in [0.3, 0.4) is 0 Å². The molecule has 0 aromatic heterocycles. The van der Waals surface area contributed by atoms with Gasteiger partial charge in [-0.1, -0.05) is 18.6 Å². The van der Waals surface area contributed by atoms with Crippen LogP contribution in [0.2, 0.25) is 0 Å². The highest BCUT2D eigenvalue weighted by Crippen LogP contribution is 2.27. The second kappa shape index (κ2) is 8.11. The molecule has 5 nitrogen and oxygen atoms in total. The minimum absolute atomic E-state index is 0.00649. The first kappa shape index (κ1) is 17.5. The fourth-order valence-electron chi connectivity index (χ4n) is 3.03. The van der Waals surface area contributed by atoms with E-state index in [2.05, 4.69) is 10.6 Å². The number of hydrogen-bond donors (Lipinski definition) is 3. The zero-order valence-electron chi connectivity index (χ0n) is 14.0. The van der Waals surface area contributed by atoms with Crippen LogP contribution in [-0.4, -0.2) is 23.9 Å². The molecule has 0 unspecified atom stereocenters. The highest BCUT2D eigenvalue weighted by molar-refractivity contribution is 5.91. The molecule has 4 N–H and O–H groups in total. The van der Waals surface area contributed by atoms with Crippen molar-refractivity contribution >= 4 is 17.5 Å². The summed E-state index contributed by atoms with van der Waals surface area (Å²) in [4.78, 5) is 23.8. The SMILES string of the molecule is CC(C)NC(=O)Cc1ccc(NC(=O)C[C@@H]2CCC[C@H]2N)cc1. The average molecular weight is 317 g/mol. The quantitative estimate of drug-likeness (QED) is 0.752. The van der Waals surface area contributed by atoms with Crippen molar-refractivity contribution in [2.45, 2.75) is 58.0 Å². The third-order valence-electron chi connectivity index (χ3n) is 4.22. The van der Waals surface area contributed by atoms with E-state index in [0.29, 0.717) is 18.8 Å². The number of amides is 2. The summed E-state index contributed by atoms with van der Waals surface area (Å²) in [5.74, 6) is 0.318. The summed E-state index contributed by atoms with van der Waals surface area (Å²) >= 11 is 0. The first-order valence-corrected chi connectivity index (χ1v) is 8.38. The van der Waals surface area contributed by atoms with Gasteiger partial charge in [0.1, 0.15) is 0 Å². The molecule has 2 amide bonds. The number of nitrogens with one attached hydrogen (secondary N) is 2. The van der Waals surface area contributed by atoms with Gasteiger partial charge in [-0.2, -0.15) is 0 Å². The Morgan fingerprint density at radius 3 is 2.43 bits per heavy atom. The lowest BCUT2D eigenvalue weighted by Crippen LogP contribution is -2.31. The van der Waals surface area contributed by atoms with Crippen LogP contribution in [0.4, 0.5) is 5.69 Å². The van der Waals surface area contributed by atoms with Crippen LogP contribution >= 0.6 is 0 Å². The maximum atomic E-state index is 12.1. The molecule has 0 spiro atoms. The van der Waals surface area contributed by atoms with Crippen molar-refractivity contribution in [3.05, 3.63) is 29.8 Å². The fraction of sp³-hybridized carbons (Fsp3) is 0.556. The van der Waals surface area contributed by atoms with Gasteiger partial charge in [0.05, 0.1) is 6.42 Å². The summed E-state index contributed by atoms with van der Waals surface area (Å²) in [6.45, 7) is 3.87. The standard InChI is InChI=1S/C18H27N3O2/c1-12(2)20-17(22)10-13-6-8-15(9-7-13)21-18(23)11-14-4-3-5-16(14)19/h6-9,12,14,16H,3-5,10-11,19H2,1-2H3,(H,20,22)(H,21,23)/t14-,16+/m0/s1. The van der Waals surface area contributed by atoms with Crippen LogP contribution in [0.25, 0.3) is 0 Å². The van der Waals surface area contributed by atoms with Crippen LogP contribution in [0.1, 0.15) is 45.1 Å². The highest BCUT2D eigenvalue weighted by Gasteiger charge is 2.25. The van der Waals surface area contributed by atoms with Crippen molar-refractivity contribution in [3.8, 4) is 0 Å². The molecule has 0 aliphatic heterocycles. The van der Waals surface area contributed by atoms with Gasteiger partial charge >= 0.3 is 0 Å². The number of hydrogen-bond acceptors (Lipinski definition) is 3. The topological polar surface area (TPSA) is 84.2 Å². The summed E-state index contributed by atoms with van der Waals surface area (Å²) < 4.78 is 0. The third-order valence-corrected chi connectivity index (χ3v) is 4.22. The zero-order valence-corrected chi connectivity index (χ0v) is 14.0. The molecule has 0 bridgehead atoms. The van der Waals surface area contributed by atoms with Crippen LogP contribution in [0.5, 0.6) is 0 Å². The Balaban J connectivity index is 1.82. The molecule has 2 atom stereocenters. The van der Waals surface area contributed by atoms with Gasteiger partial charge in [0, 0.05) is 24.2 Å². The van der Waals surface area contributed by atoms with Gasteiger partial charge in [-0.25, -0.2) is 0 Å². The second-order valence-electron chi connectivity index (χ2n) is 6.70. The molecule has 1 aliphatic rings. The van der Waals surface area contributed by atoms with Crippen LogP contribution in [-0.2, 0) is 16.0 Å². The Morgan fingerprint density at radius 1 is 1.17 bits per heavy atom. The van der Waals surface area contributed by atoms with E-state index in [9.17, 15) is 9.59 Å². The van der Waals surface area contributed by atoms with Gasteiger partial charge in [0.25, 0.3) is 0 Å². The van der Waals surface area contributed by atoms with E-state index in [0.717, 1.165) is 30.5 Å². The molecular formula is C18H27N3O2. The molecule has 1 saturated carbocycles. The minimum atomic E-state index is 0.00649. The molecule has 126 valence electrons. The Labute approximate surface area is 138 Å². The maximum Gasteiger partial charge on any atom is 0.224 e. The van der Waals surface area contributed by atoms with Crippen molar-refractivity contribution in [3.63, 3.8) is 0 Å². The van der Waals surface area contributed by atoms with E-state index in [1.165, 1.54) is 0 Å². The highest BCUT2D eigenvalue weighted by atomic mass is 16.2. The Morgan fingerprint density at radius 2 is 1.87 bits per heavy atom. The van der Waals surface area contributed by atoms with E-state index in [1.54, 1.807) is 0 Å². The Kier molecular flexibility index (Phi) is 6.16. The Hall–Kier alpha value is -1.88. The molecule has 1 fully saturated rings. The summed E-state index contributed by atoms with van der Waals surface area (Å²) in [5, 5.41) is 5.77. The molecule has 1 aromatic rings. The lowest BCUT2D eigenvalue weighted by Gasteiger charge is -2.15. The molecule has 23 heavy (non-hydrogen) atoms. The molecule has 0 saturated heterocycles. The van der Waals surface area contributed by atoms with E-state index >= 15 is 0 Å². The van der Waals surface area contributed by atoms with Crippen molar-refractivity contribution in [2.24, 2.45) is 11.7 Å². The van der Waals surface area contributed by atoms with Crippen molar-refractivity contribution in [1.82, 2.24) is 5.32 Å². The van der Waals surface area contributed by atoms with E-state index < -0.39 is 0 Å². The van der Waals surface area contributed by atoms with Crippen molar-refractivity contribution in [2.75, 3.05) is 5.32 Å². The number of anilines is 1. The predicted octanol–water partition coefficient (Wildman–Crippen LogP) is 2.21. The molecule has 1 aromatic carbocycles. The van der Waals surface area contributed by atoms with Gasteiger partial charge in [0.15, 0.2) is 0 Å². The van der Waals surface area contributed by atoms with Crippen molar-refractivity contribution in [1.29, 1.82) is 0 Å². The van der Waals surface area contributed by atoms with Gasteiger partial charge in [0.2, 0.25) is 11.8 Å². The van der Waals surface area contributed by atoms with Gasteiger partial charge in [-0.3, -0.25) is 9.59 Å². The number of nitrogens with two attached hydrogens (primary N) is 1. The summed E-state index contributed by atoms with van der Waals surface area (Å²) in [7, 11) is 0. The number of benzene rings is 1. The first-order valence-electron chi connectivity index (χ1n) is 8.38. The van der Waals surface area contributed by atoms with Gasteiger partial charge in [-0.15, -0.1) is 0 Å². The lowest BCUT2D eigenvalue weighted by molar-refractivity contribution is -0.121. The molecule has 5 heteroatoms.